The van der Waals surface area contributed by atoms with Gasteiger partial charge in [-0.15, -0.1) is 0 Å². The van der Waals surface area contributed by atoms with Gasteiger partial charge in [0.25, 0.3) is 0 Å². The quantitative estimate of drug-likeness (QED) is 0.458. The second-order valence-corrected chi connectivity index (χ2v) is 3.59. The van der Waals surface area contributed by atoms with Crippen LogP contribution in [0.1, 0.15) is 13.8 Å². The number of amides is 1. The van der Waals surface area contributed by atoms with Gasteiger partial charge < -0.3 is 16.1 Å². The molecule has 5 N–H and O–H groups in total. The Balaban J connectivity index is 2.95. The average molecular weight is 224 g/mol. The molecule has 0 aliphatic carbocycles. The summed E-state index contributed by atoms with van der Waals surface area (Å²) in [6.45, 7) is 3.97. The first-order chi connectivity index (χ1) is 7.54. The summed E-state index contributed by atoms with van der Waals surface area (Å²) in [5, 5.41) is 0. The zero-order chi connectivity index (χ0) is 12.1. The first kappa shape index (κ1) is 12.2. The number of aromatic nitrogens is 2. The first-order valence-electron chi connectivity index (χ1n) is 4.88. The van der Waals surface area contributed by atoms with E-state index >= 15 is 0 Å². The summed E-state index contributed by atoms with van der Waals surface area (Å²) >= 11 is 0. The molecule has 88 valence electrons. The van der Waals surface area contributed by atoms with E-state index in [-0.39, 0.29) is 12.6 Å². The van der Waals surface area contributed by atoms with Crippen LogP contribution in [-0.4, -0.2) is 28.5 Å². The highest BCUT2D eigenvalue weighted by Gasteiger charge is 2.14. The lowest BCUT2D eigenvalue weighted by atomic mass is 10.3. The maximum Gasteiger partial charge on any atom is 0.237 e. The Hall–Kier alpha value is -1.89. The highest BCUT2D eigenvalue weighted by molar-refractivity contribution is 5.79. The number of nitrogens with zero attached hydrogens (tertiary/aromatic N) is 3. The molecule has 0 saturated carbocycles. The largest absolute Gasteiger partial charge is 0.368 e. The van der Waals surface area contributed by atoms with Crippen molar-refractivity contribution in [2.75, 3.05) is 16.9 Å². The van der Waals surface area contributed by atoms with Crippen LogP contribution in [0.3, 0.4) is 0 Å². The van der Waals surface area contributed by atoms with E-state index in [0.29, 0.717) is 11.6 Å². The molecule has 1 amide bonds. The van der Waals surface area contributed by atoms with Crippen molar-refractivity contribution in [3.05, 3.63) is 12.4 Å². The number of nitrogens with two attached hydrogens (primary N) is 2. The van der Waals surface area contributed by atoms with E-state index in [1.54, 1.807) is 11.1 Å². The van der Waals surface area contributed by atoms with Crippen LogP contribution in [0.5, 0.6) is 0 Å². The van der Waals surface area contributed by atoms with Gasteiger partial charge in [0, 0.05) is 6.04 Å². The van der Waals surface area contributed by atoms with Crippen LogP contribution < -0.4 is 21.9 Å². The maximum absolute atomic E-state index is 10.9. The fourth-order valence-corrected chi connectivity index (χ4v) is 1.26. The van der Waals surface area contributed by atoms with Gasteiger partial charge in [0.05, 0.1) is 18.9 Å². The normalized spacial score (nSPS) is 10.2. The molecule has 1 rings (SSSR count). The minimum atomic E-state index is -0.415. The summed E-state index contributed by atoms with van der Waals surface area (Å²) in [7, 11) is 0. The molecule has 7 nitrogen and oxygen atoms in total. The number of carbonyl (C=O) groups excluding carboxylic acids is 1. The SMILES string of the molecule is CC(C)N(CC(N)=O)c1cncc(NN)n1. The van der Waals surface area contributed by atoms with Gasteiger partial charge >= 0.3 is 0 Å². The van der Waals surface area contributed by atoms with Crippen molar-refractivity contribution in [2.45, 2.75) is 19.9 Å². The molecule has 0 fully saturated rings. The van der Waals surface area contributed by atoms with Crippen molar-refractivity contribution < 1.29 is 4.79 Å². The Bertz CT molecular complexity index is 367. The van der Waals surface area contributed by atoms with Gasteiger partial charge in [0.1, 0.15) is 5.82 Å². The second-order valence-electron chi connectivity index (χ2n) is 3.59. The van der Waals surface area contributed by atoms with E-state index in [2.05, 4.69) is 15.4 Å². The molecule has 0 saturated heterocycles. The predicted molar refractivity (Wildman–Crippen MR) is 61.5 cm³/mol. The van der Waals surface area contributed by atoms with Crippen LogP contribution in [0, 0.1) is 0 Å². The van der Waals surface area contributed by atoms with Crippen molar-refractivity contribution in [3.63, 3.8) is 0 Å². The minimum absolute atomic E-state index is 0.0924. The number of hydrazine groups is 1. The number of rotatable bonds is 5. The molecule has 16 heavy (non-hydrogen) atoms. The zero-order valence-electron chi connectivity index (χ0n) is 9.34. The summed E-state index contributed by atoms with van der Waals surface area (Å²) in [5.74, 6) is 5.82. The Morgan fingerprint density at radius 3 is 2.75 bits per heavy atom. The molecule has 1 aromatic rings. The van der Waals surface area contributed by atoms with Crippen LogP contribution in [0.15, 0.2) is 12.4 Å². The fraction of sp³-hybridized carbons (Fsp3) is 0.444. The fourth-order valence-electron chi connectivity index (χ4n) is 1.26. The van der Waals surface area contributed by atoms with Gasteiger partial charge in [-0.3, -0.25) is 9.78 Å². The molecule has 1 heterocycles. The molecule has 0 bridgehead atoms. The lowest BCUT2D eigenvalue weighted by Crippen LogP contribution is -2.39. The summed E-state index contributed by atoms with van der Waals surface area (Å²) in [6, 6.07) is 0.0924. The van der Waals surface area contributed by atoms with Gasteiger partial charge in [-0.1, -0.05) is 0 Å². The van der Waals surface area contributed by atoms with E-state index < -0.39 is 5.91 Å². The third-order valence-electron chi connectivity index (χ3n) is 2.01. The molecule has 1 aromatic heterocycles. The van der Waals surface area contributed by atoms with E-state index in [1.807, 2.05) is 13.8 Å². The highest BCUT2D eigenvalue weighted by atomic mass is 16.1. The predicted octanol–water partition coefficient (Wildman–Crippen LogP) is -0.538. The minimum Gasteiger partial charge on any atom is -0.368 e. The molecule has 0 aliphatic heterocycles. The molecule has 0 spiro atoms. The highest BCUT2D eigenvalue weighted by Crippen LogP contribution is 2.14. The van der Waals surface area contributed by atoms with Gasteiger partial charge in [0.2, 0.25) is 5.91 Å². The number of anilines is 2. The number of nitrogen functional groups attached to an aromatic ring is 1. The molecule has 0 aliphatic rings. The van der Waals surface area contributed by atoms with E-state index in [1.165, 1.54) is 6.20 Å². The van der Waals surface area contributed by atoms with Crippen LogP contribution >= 0.6 is 0 Å². The van der Waals surface area contributed by atoms with Crippen LogP contribution in [0.2, 0.25) is 0 Å². The number of carbonyl (C=O) groups is 1. The van der Waals surface area contributed by atoms with Gasteiger partial charge in [0.15, 0.2) is 5.82 Å². The van der Waals surface area contributed by atoms with Crippen LogP contribution in [-0.2, 0) is 4.79 Å². The van der Waals surface area contributed by atoms with Gasteiger partial charge in [-0.2, -0.15) is 0 Å². The van der Waals surface area contributed by atoms with E-state index in [0.717, 1.165) is 0 Å². The van der Waals surface area contributed by atoms with Crippen LogP contribution in [0.4, 0.5) is 11.6 Å². The average Bonchev–Trinajstić information content (AvgIpc) is 2.25. The molecule has 0 aromatic carbocycles. The van der Waals surface area contributed by atoms with Crippen molar-refractivity contribution >= 4 is 17.5 Å². The molecule has 0 atom stereocenters. The molecule has 7 heteroatoms. The van der Waals surface area contributed by atoms with Crippen molar-refractivity contribution in [2.24, 2.45) is 11.6 Å². The van der Waals surface area contributed by atoms with Crippen molar-refractivity contribution in [3.8, 4) is 0 Å². The summed E-state index contributed by atoms with van der Waals surface area (Å²) in [4.78, 5) is 20.8. The Morgan fingerprint density at radius 2 is 2.25 bits per heavy atom. The Kier molecular flexibility index (Phi) is 4.01. The van der Waals surface area contributed by atoms with E-state index in [9.17, 15) is 4.79 Å². The maximum atomic E-state index is 10.9. The van der Waals surface area contributed by atoms with Crippen LogP contribution in [0.25, 0.3) is 0 Å². The molecule has 0 radical (unpaired) electrons. The Labute approximate surface area is 93.8 Å². The second kappa shape index (κ2) is 5.26. The molecule has 0 unspecified atom stereocenters. The van der Waals surface area contributed by atoms with E-state index in [4.69, 9.17) is 11.6 Å². The third-order valence-corrected chi connectivity index (χ3v) is 2.01. The first-order valence-corrected chi connectivity index (χ1v) is 4.88. The summed E-state index contributed by atoms with van der Waals surface area (Å²) in [6.07, 6.45) is 3.05. The van der Waals surface area contributed by atoms with Crippen molar-refractivity contribution in [1.82, 2.24) is 9.97 Å². The molecular formula is C9H16N6O. The standard InChI is InChI=1S/C9H16N6O/c1-6(2)15(5-7(10)16)9-4-12-3-8(13-9)14-11/h3-4,6H,5,11H2,1-2H3,(H2,10,16)(H,13,14). The van der Waals surface area contributed by atoms with Crippen molar-refractivity contribution in [1.29, 1.82) is 0 Å². The number of primary amides is 1. The number of nitrogens with one attached hydrogen (secondary N) is 1. The Morgan fingerprint density at radius 1 is 1.56 bits per heavy atom. The summed E-state index contributed by atoms with van der Waals surface area (Å²) in [5.41, 5.74) is 7.57. The van der Waals surface area contributed by atoms with Gasteiger partial charge in [-0.25, -0.2) is 10.8 Å². The third kappa shape index (κ3) is 3.06. The lowest BCUT2D eigenvalue weighted by Gasteiger charge is -2.26. The molecular weight excluding hydrogens is 208 g/mol. The number of hydrogen-bond donors (Lipinski definition) is 3. The smallest absolute Gasteiger partial charge is 0.237 e. The zero-order valence-corrected chi connectivity index (χ0v) is 9.34. The summed E-state index contributed by atoms with van der Waals surface area (Å²) < 4.78 is 0. The topological polar surface area (TPSA) is 110 Å². The van der Waals surface area contributed by atoms with Gasteiger partial charge in [-0.05, 0) is 13.8 Å². The monoisotopic (exact) mass is 224 g/mol. The number of hydrogen-bond acceptors (Lipinski definition) is 6. The lowest BCUT2D eigenvalue weighted by molar-refractivity contribution is -0.116.